The molecule has 0 atom stereocenters. The van der Waals surface area contributed by atoms with Crippen LogP contribution in [0.5, 0.6) is 0 Å². The molecule has 0 N–H and O–H groups in total. The molecule has 0 saturated carbocycles. The van der Waals surface area contributed by atoms with E-state index in [0.717, 1.165) is 24.2 Å². The first-order valence-corrected chi connectivity index (χ1v) is 6.95. The summed E-state index contributed by atoms with van der Waals surface area (Å²) in [5.41, 5.74) is 2.33. The number of benzene rings is 2. The van der Waals surface area contributed by atoms with E-state index >= 15 is 0 Å². The Morgan fingerprint density at radius 1 is 0.952 bits per heavy atom. The van der Waals surface area contributed by atoms with Gasteiger partial charge in [-0.2, -0.15) is 5.10 Å². The Morgan fingerprint density at radius 2 is 1.67 bits per heavy atom. The molecular weight excluding hydrogens is 260 g/mol. The second kappa shape index (κ2) is 6.61. The van der Waals surface area contributed by atoms with E-state index in [1.54, 1.807) is 11.0 Å². The zero-order valence-corrected chi connectivity index (χ0v) is 11.6. The molecule has 0 aliphatic rings. The second-order valence-corrected chi connectivity index (χ2v) is 4.69. The first-order chi connectivity index (χ1) is 10.4. The molecule has 1 aromatic heterocycles. The van der Waals surface area contributed by atoms with Gasteiger partial charge in [0.15, 0.2) is 5.82 Å². The van der Waals surface area contributed by atoms with E-state index < -0.39 is 0 Å². The summed E-state index contributed by atoms with van der Waals surface area (Å²) >= 11 is 0. The van der Waals surface area contributed by atoms with E-state index in [4.69, 9.17) is 0 Å². The maximum Gasteiger partial charge on any atom is 0.184 e. The van der Waals surface area contributed by atoms with Gasteiger partial charge in [0.1, 0.15) is 6.33 Å². The summed E-state index contributed by atoms with van der Waals surface area (Å²) in [5.74, 6) is 0.756. The molecule has 21 heavy (non-hydrogen) atoms. The standard InChI is InChI=1S/C17H16N4/c1-3-8-15(9-4-1)10-7-13-19-21-14-18-20-17(21)16-11-5-2-6-12-16/h1-6,8-9,11-14H,7,10H2/b19-13-. The van der Waals surface area contributed by atoms with Gasteiger partial charge >= 0.3 is 0 Å². The fourth-order valence-electron chi connectivity index (χ4n) is 2.11. The summed E-state index contributed by atoms with van der Waals surface area (Å²) in [4.78, 5) is 0. The van der Waals surface area contributed by atoms with E-state index in [9.17, 15) is 0 Å². The largest absolute Gasteiger partial charge is 0.200 e. The van der Waals surface area contributed by atoms with Crippen LogP contribution in [0.25, 0.3) is 11.4 Å². The summed E-state index contributed by atoms with van der Waals surface area (Å²) in [6, 6.07) is 20.3. The summed E-state index contributed by atoms with van der Waals surface area (Å²) in [5, 5.41) is 12.5. The van der Waals surface area contributed by atoms with E-state index in [0.29, 0.717) is 0 Å². The van der Waals surface area contributed by atoms with Crippen molar-refractivity contribution in [3.05, 3.63) is 72.6 Å². The summed E-state index contributed by atoms with van der Waals surface area (Å²) in [6.07, 6.45) is 5.40. The molecule has 3 rings (SSSR count). The van der Waals surface area contributed by atoms with Crippen LogP contribution in [0.15, 0.2) is 72.1 Å². The Kier molecular flexibility index (Phi) is 4.17. The highest BCUT2D eigenvalue weighted by Crippen LogP contribution is 2.15. The molecule has 4 heteroatoms. The zero-order chi connectivity index (χ0) is 14.3. The van der Waals surface area contributed by atoms with Gasteiger partial charge in [-0.1, -0.05) is 60.7 Å². The SMILES string of the molecule is C(/CCc1ccccc1)=N/n1cnnc1-c1ccccc1. The van der Waals surface area contributed by atoms with Crippen LogP contribution in [0.3, 0.4) is 0 Å². The first-order valence-electron chi connectivity index (χ1n) is 6.95. The van der Waals surface area contributed by atoms with Gasteiger partial charge in [-0.3, -0.25) is 0 Å². The van der Waals surface area contributed by atoms with Crippen molar-refractivity contribution in [3.63, 3.8) is 0 Å². The monoisotopic (exact) mass is 276 g/mol. The lowest BCUT2D eigenvalue weighted by atomic mass is 10.1. The highest BCUT2D eigenvalue weighted by molar-refractivity contribution is 5.59. The fourth-order valence-corrected chi connectivity index (χ4v) is 2.11. The first kappa shape index (κ1) is 13.2. The molecule has 0 radical (unpaired) electrons. The number of hydrogen-bond acceptors (Lipinski definition) is 3. The molecule has 0 aliphatic heterocycles. The smallest absolute Gasteiger partial charge is 0.184 e. The van der Waals surface area contributed by atoms with Crippen molar-refractivity contribution in [2.45, 2.75) is 12.8 Å². The average molecular weight is 276 g/mol. The van der Waals surface area contributed by atoms with Gasteiger partial charge in [0.05, 0.1) is 0 Å². The second-order valence-electron chi connectivity index (χ2n) is 4.69. The Balaban J connectivity index is 1.66. The van der Waals surface area contributed by atoms with E-state index in [-0.39, 0.29) is 0 Å². The maximum atomic E-state index is 4.42. The number of aryl methyl sites for hydroxylation is 1. The molecule has 0 spiro atoms. The van der Waals surface area contributed by atoms with Crippen LogP contribution >= 0.6 is 0 Å². The van der Waals surface area contributed by atoms with Crippen molar-refractivity contribution in [1.82, 2.24) is 14.9 Å². The molecule has 3 aromatic rings. The summed E-state index contributed by atoms with van der Waals surface area (Å²) in [7, 11) is 0. The van der Waals surface area contributed by atoms with Crippen molar-refractivity contribution in [2.75, 3.05) is 0 Å². The van der Waals surface area contributed by atoms with Crippen LogP contribution in [-0.4, -0.2) is 21.1 Å². The van der Waals surface area contributed by atoms with Gasteiger partial charge in [-0.25, -0.2) is 4.68 Å². The van der Waals surface area contributed by atoms with Crippen LogP contribution in [-0.2, 0) is 6.42 Å². The summed E-state index contributed by atoms with van der Waals surface area (Å²) in [6.45, 7) is 0. The molecule has 1 heterocycles. The van der Waals surface area contributed by atoms with Gasteiger partial charge in [-0.05, 0) is 18.4 Å². The molecule has 0 amide bonds. The third-order valence-corrected chi connectivity index (χ3v) is 3.17. The lowest BCUT2D eigenvalue weighted by Gasteiger charge is -2.00. The van der Waals surface area contributed by atoms with Crippen molar-refractivity contribution < 1.29 is 0 Å². The van der Waals surface area contributed by atoms with Gasteiger partial charge < -0.3 is 0 Å². The fraction of sp³-hybridized carbons (Fsp3) is 0.118. The lowest BCUT2D eigenvalue weighted by Crippen LogP contribution is -1.93. The summed E-state index contributed by atoms with van der Waals surface area (Å²) < 4.78 is 1.71. The van der Waals surface area contributed by atoms with Crippen LogP contribution in [0.4, 0.5) is 0 Å². The van der Waals surface area contributed by atoms with Crippen molar-refractivity contribution in [3.8, 4) is 11.4 Å². The van der Waals surface area contributed by atoms with Crippen LogP contribution in [0.2, 0.25) is 0 Å². The molecule has 0 saturated heterocycles. The molecule has 4 nitrogen and oxygen atoms in total. The average Bonchev–Trinajstić information content (AvgIpc) is 3.02. The molecule has 2 aromatic carbocycles. The number of hydrogen-bond donors (Lipinski definition) is 0. The molecule has 104 valence electrons. The van der Waals surface area contributed by atoms with E-state index in [2.05, 4.69) is 39.6 Å². The quantitative estimate of drug-likeness (QED) is 0.670. The molecule has 0 unspecified atom stereocenters. The van der Waals surface area contributed by atoms with Gasteiger partial charge in [-0.15, -0.1) is 10.2 Å². The third kappa shape index (κ3) is 3.42. The Bertz CT molecular complexity index is 702. The van der Waals surface area contributed by atoms with Crippen LogP contribution in [0, 0.1) is 0 Å². The minimum atomic E-state index is 0.756. The lowest BCUT2D eigenvalue weighted by molar-refractivity contribution is 0.876. The van der Waals surface area contributed by atoms with Gasteiger partial charge in [0, 0.05) is 11.8 Å². The number of aromatic nitrogens is 3. The molecule has 0 fully saturated rings. The topological polar surface area (TPSA) is 43.1 Å². The molecular formula is C17H16N4. The highest BCUT2D eigenvalue weighted by atomic mass is 15.4. The van der Waals surface area contributed by atoms with Crippen molar-refractivity contribution in [1.29, 1.82) is 0 Å². The number of rotatable bonds is 5. The Morgan fingerprint density at radius 3 is 2.43 bits per heavy atom. The van der Waals surface area contributed by atoms with Crippen molar-refractivity contribution >= 4 is 6.21 Å². The van der Waals surface area contributed by atoms with Gasteiger partial charge in [0.25, 0.3) is 0 Å². The minimum Gasteiger partial charge on any atom is -0.200 e. The predicted molar refractivity (Wildman–Crippen MR) is 84.1 cm³/mol. The van der Waals surface area contributed by atoms with Crippen molar-refractivity contribution in [2.24, 2.45) is 5.10 Å². The third-order valence-electron chi connectivity index (χ3n) is 3.17. The highest BCUT2D eigenvalue weighted by Gasteiger charge is 2.04. The zero-order valence-electron chi connectivity index (χ0n) is 11.6. The molecule has 0 aliphatic carbocycles. The van der Waals surface area contributed by atoms with E-state index in [1.165, 1.54) is 5.56 Å². The molecule has 0 bridgehead atoms. The maximum absolute atomic E-state index is 4.42. The predicted octanol–water partition coefficient (Wildman–Crippen LogP) is 3.41. The van der Waals surface area contributed by atoms with Gasteiger partial charge in [0.2, 0.25) is 0 Å². The van der Waals surface area contributed by atoms with Crippen LogP contribution in [0.1, 0.15) is 12.0 Å². The normalized spacial score (nSPS) is 11.0. The Labute approximate surface area is 123 Å². The van der Waals surface area contributed by atoms with E-state index in [1.807, 2.05) is 42.6 Å². The van der Waals surface area contributed by atoms with Crippen LogP contribution < -0.4 is 0 Å². The minimum absolute atomic E-state index is 0.756. The Hall–Kier alpha value is -2.75. The number of nitrogens with zero attached hydrogens (tertiary/aromatic N) is 4.